The van der Waals surface area contributed by atoms with Gasteiger partial charge in [-0.15, -0.1) is 0 Å². The van der Waals surface area contributed by atoms with Crippen molar-refractivity contribution in [2.75, 3.05) is 26.7 Å². The molecule has 0 radical (unpaired) electrons. The van der Waals surface area contributed by atoms with Gasteiger partial charge in [-0.25, -0.2) is 0 Å². The van der Waals surface area contributed by atoms with Gasteiger partial charge in [-0.05, 0) is 38.1 Å². The first-order valence-electron chi connectivity index (χ1n) is 8.07. The van der Waals surface area contributed by atoms with Crippen LogP contribution >= 0.6 is 0 Å². The molecule has 3 amide bonds. The highest BCUT2D eigenvalue weighted by Gasteiger charge is 2.35. The van der Waals surface area contributed by atoms with Crippen LogP contribution in [0.4, 0.5) is 0 Å². The van der Waals surface area contributed by atoms with E-state index in [4.69, 9.17) is 5.73 Å². The predicted molar refractivity (Wildman–Crippen MR) is 81.7 cm³/mol. The number of amides is 3. The molecule has 4 N–H and O–H groups in total. The van der Waals surface area contributed by atoms with Crippen LogP contribution in [0.25, 0.3) is 0 Å². The zero-order valence-corrected chi connectivity index (χ0v) is 13.1. The summed E-state index contributed by atoms with van der Waals surface area (Å²) in [6.45, 7) is 1.04. The van der Waals surface area contributed by atoms with Crippen LogP contribution in [0.3, 0.4) is 0 Å². The molecule has 124 valence electrons. The predicted octanol–water partition coefficient (Wildman–Crippen LogP) is -0.785. The molecule has 0 aromatic heterocycles. The van der Waals surface area contributed by atoms with Crippen molar-refractivity contribution in [3.05, 3.63) is 0 Å². The van der Waals surface area contributed by atoms with Crippen LogP contribution in [0.5, 0.6) is 0 Å². The number of hydrogen-bond donors (Lipinski definition) is 3. The second-order valence-corrected chi connectivity index (χ2v) is 6.11. The summed E-state index contributed by atoms with van der Waals surface area (Å²) in [5, 5.41) is 5.31. The van der Waals surface area contributed by atoms with Crippen molar-refractivity contribution in [2.24, 2.45) is 17.6 Å². The highest BCUT2D eigenvalue weighted by atomic mass is 16.2. The van der Waals surface area contributed by atoms with Gasteiger partial charge in [0.05, 0.1) is 6.54 Å². The summed E-state index contributed by atoms with van der Waals surface area (Å²) < 4.78 is 0. The second kappa shape index (κ2) is 7.58. The molecule has 22 heavy (non-hydrogen) atoms. The molecule has 1 unspecified atom stereocenters. The molecule has 3 atom stereocenters. The second-order valence-electron chi connectivity index (χ2n) is 6.11. The van der Waals surface area contributed by atoms with E-state index >= 15 is 0 Å². The maximum Gasteiger partial charge on any atom is 0.242 e. The first kappa shape index (κ1) is 16.7. The number of rotatable bonds is 5. The van der Waals surface area contributed by atoms with Gasteiger partial charge < -0.3 is 21.3 Å². The smallest absolute Gasteiger partial charge is 0.242 e. The third kappa shape index (κ3) is 3.58. The molecule has 0 aromatic carbocycles. The number of carbonyl (C=O) groups is 3. The quantitative estimate of drug-likeness (QED) is 0.619. The monoisotopic (exact) mass is 310 g/mol. The fourth-order valence-electron chi connectivity index (χ4n) is 3.56. The average molecular weight is 310 g/mol. The molecule has 1 saturated carbocycles. The summed E-state index contributed by atoms with van der Waals surface area (Å²) in [6, 6.07) is -0.405. The first-order chi connectivity index (χ1) is 10.6. The lowest BCUT2D eigenvalue weighted by Crippen LogP contribution is -2.49. The van der Waals surface area contributed by atoms with Crippen molar-refractivity contribution in [3.8, 4) is 0 Å². The summed E-state index contributed by atoms with van der Waals surface area (Å²) in [4.78, 5) is 37.8. The van der Waals surface area contributed by atoms with Gasteiger partial charge in [0.1, 0.15) is 6.04 Å². The highest BCUT2D eigenvalue weighted by molar-refractivity contribution is 5.91. The van der Waals surface area contributed by atoms with Crippen LogP contribution in [0.2, 0.25) is 0 Å². The van der Waals surface area contributed by atoms with Gasteiger partial charge >= 0.3 is 0 Å². The summed E-state index contributed by atoms with van der Waals surface area (Å²) >= 11 is 0. The van der Waals surface area contributed by atoms with E-state index in [2.05, 4.69) is 10.6 Å². The molecule has 1 aliphatic heterocycles. The van der Waals surface area contributed by atoms with Crippen molar-refractivity contribution in [3.63, 3.8) is 0 Å². The highest BCUT2D eigenvalue weighted by Crippen LogP contribution is 2.30. The summed E-state index contributed by atoms with van der Waals surface area (Å²) in [5.41, 5.74) is 5.68. The summed E-state index contributed by atoms with van der Waals surface area (Å²) in [7, 11) is 1.57. The van der Waals surface area contributed by atoms with Crippen LogP contribution < -0.4 is 16.4 Å². The maximum absolute atomic E-state index is 12.3. The molecule has 1 saturated heterocycles. The van der Waals surface area contributed by atoms with Crippen molar-refractivity contribution in [1.82, 2.24) is 15.5 Å². The number of likely N-dealkylation sites (tertiary alicyclic amines) is 1. The summed E-state index contributed by atoms with van der Waals surface area (Å²) in [6.07, 6.45) is 4.32. The number of carbonyl (C=O) groups excluding carboxylic acids is 3. The van der Waals surface area contributed by atoms with Crippen LogP contribution in [0, 0.1) is 11.8 Å². The minimum absolute atomic E-state index is 0.0415. The van der Waals surface area contributed by atoms with Crippen molar-refractivity contribution in [2.45, 2.75) is 38.1 Å². The Kier molecular flexibility index (Phi) is 5.76. The molecule has 2 aliphatic rings. The lowest BCUT2D eigenvalue weighted by Gasteiger charge is -2.24. The third-order valence-electron chi connectivity index (χ3n) is 4.83. The Balaban J connectivity index is 1.84. The molecular formula is C15H26N4O3. The normalized spacial score (nSPS) is 27.7. The van der Waals surface area contributed by atoms with Gasteiger partial charge in [-0.2, -0.15) is 0 Å². The third-order valence-corrected chi connectivity index (χ3v) is 4.83. The molecule has 1 aliphatic carbocycles. The minimum Gasteiger partial charge on any atom is -0.357 e. The lowest BCUT2D eigenvalue weighted by atomic mass is 9.95. The Morgan fingerprint density at radius 2 is 1.91 bits per heavy atom. The van der Waals surface area contributed by atoms with Gasteiger partial charge in [0.15, 0.2) is 0 Å². The van der Waals surface area contributed by atoms with Crippen LogP contribution in [0.1, 0.15) is 32.1 Å². The number of nitrogens with two attached hydrogens (primary N) is 1. The topological polar surface area (TPSA) is 105 Å². The van der Waals surface area contributed by atoms with Gasteiger partial charge in [0.25, 0.3) is 0 Å². The fraction of sp³-hybridized carbons (Fsp3) is 0.800. The molecule has 0 bridgehead atoms. The van der Waals surface area contributed by atoms with E-state index in [0.29, 0.717) is 19.5 Å². The van der Waals surface area contributed by atoms with Gasteiger partial charge in [-0.1, -0.05) is 6.42 Å². The number of hydrogen-bond acceptors (Lipinski definition) is 4. The zero-order chi connectivity index (χ0) is 16.1. The molecule has 2 rings (SSSR count). The van der Waals surface area contributed by atoms with Gasteiger partial charge in [0, 0.05) is 19.5 Å². The van der Waals surface area contributed by atoms with Gasteiger partial charge in [-0.3, -0.25) is 14.4 Å². The van der Waals surface area contributed by atoms with E-state index in [-0.39, 0.29) is 36.1 Å². The maximum atomic E-state index is 12.3. The Labute approximate surface area is 131 Å². The molecule has 0 spiro atoms. The van der Waals surface area contributed by atoms with E-state index in [1.54, 1.807) is 11.9 Å². The standard InChI is InChI=1S/C15H26N4O3/c1-17-15(22)12-6-3-7-19(12)13(20)9-18-14(21)11-5-2-4-10(11)8-16/h10-12H,2-9,16H2,1H3,(H,17,22)(H,18,21)/t10-,11-,12?/m1/s1. The molecular weight excluding hydrogens is 284 g/mol. The van der Waals surface area contributed by atoms with Crippen molar-refractivity contribution in [1.29, 1.82) is 0 Å². The number of nitrogens with zero attached hydrogens (tertiary/aromatic N) is 1. The zero-order valence-electron chi connectivity index (χ0n) is 13.1. The van der Waals surface area contributed by atoms with E-state index in [1.165, 1.54) is 0 Å². The van der Waals surface area contributed by atoms with E-state index in [9.17, 15) is 14.4 Å². The number of likely N-dealkylation sites (N-methyl/N-ethyl adjacent to an activating group) is 1. The Bertz CT molecular complexity index is 441. The van der Waals surface area contributed by atoms with E-state index in [0.717, 1.165) is 25.7 Å². The fourth-order valence-corrected chi connectivity index (χ4v) is 3.56. The molecule has 7 heteroatoms. The molecule has 1 heterocycles. The van der Waals surface area contributed by atoms with E-state index in [1.807, 2.05) is 0 Å². The molecule has 2 fully saturated rings. The van der Waals surface area contributed by atoms with Gasteiger partial charge in [0.2, 0.25) is 17.7 Å². The largest absolute Gasteiger partial charge is 0.357 e. The summed E-state index contributed by atoms with van der Waals surface area (Å²) in [5.74, 6) is -0.276. The van der Waals surface area contributed by atoms with Crippen molar-refractivity contribution < 1.29 is 14.4 Å². The molecule has 7 nitrogen and oxygen atoms in total. The van der Waals surface area contributed by atoms with E-state index < -0.39 is 6.04 Å². The Morgan fingerprint density at radius 1 is 1.14 bits per heavy atom. The lowest BCUT2D eigenvalue weighted by molar-refractivity contribution is -0.139. The SMILES string of the molecule is CNC(=O)C1CCCN1C(=O)CNC(=O)[C@@H]1CCC[C@@H]1CN. The van der Waals surface area contributed by atoms with Crippen LogP contribution in [0.15, 0.2) is 0 Å². The van der Waals surface area contributed by atoms with Crippen molar-refractivity contribution >= 4 is 17.7 Å². The van der Waals surface area contributed by atoms with Crippen LogP contribution in [-0.4, -0.2) is 55.3 Å². The first-order valence-corrected chi connectivity index (χ1v) is 8.07. The Morgan fingerprint density at radius 3 is 2.59 bits per heavy atom. The average Bonchev–Trinajstić information content (AvgIpc) is 3.19. The molecule has 0 aromatic rings. The minimum atomic E-state index is -0.405. The Hall–Kier alpha value is -1.63. The van der Waals surface area contributed by atoms with Crippen LogP contribution in [-0.2, 0) is 14.4 Å². The number of nitrogens with one attached hydrogen (secondary N) is 2.